The predicted molar refractivity (Wildman–Crippen MR) is 74.8 cm³/mol. The highest BCUT2D eigenvalue weighted by atomic mass is 16.5. The van der Waals surface area contributed by atoms with Crippen molar-refractivity contribution in [2.75, 3.05) is 13.2 Å². The van der Waals surface area contributed by atoms with Gasteiger partial charge in [-0.1, -0.05) is 31.9 Å². The Balaban J connectivity index is 2.37. The zero-order valence-corrected chi connectivity index (χ0v) is 11.3. The minimum Gasteiger partial charge on any atom is -0.491 e. The van der Waals surface area contributed by atoms with Gasteiger partial charge in [-0.3, -0.25) is 0 Å². The SMILES string of the molecule is CCCCC(O)COc1cccc(CCCN)c1. The molecule has 0 spiro atoms. The molecule has 0 amide bonds. The van der Waals surface area contributed by atoms with Gasteiger partial charge in [0.2, 0.25) is 0 Å². The molecule has 0 radical (unpaired) electrons. The fourth-order valence-corrected chi connectivity index (χ4v) is 1.81. The summed E-state index contributed by atoms with van der Waals surface area (Å²) in [5.74, 6) is 0.833. The van der Waals surface area contributed by atoms with Gasteiger partial charge in [0.1, 0.15) is 12.4 Å². The van der Waals surface area contributed by atoms with E-state index in [1.54, 1.807) is 0 Å². The third-order valence-corrected chi connectivity index (χ3v) is 2.90. The number of hydrogen-bond donors (Lipinski definition) is 2. The van der Waals surface area contributed by atoms with Crippen molar-refractivity contribution in [1.29, 1.82) is 0 Å². The summed E-state index contributed by atoms with van der Waals surface area (Å²) in [6.07, 6.45) is 4.56. The molecule has 1 atom stereocenters. The van der Waals surface area contributed by atoms with Crippen molar-refractivity contribution in [2.45, 2.75) is 45.1 Å². The summed E-state index contributed by atoms with van der Waals surface area (Å²) in [5, 5.41) is 9.71. The maximum Gasteiger partial charge on any atom is 0.119 e. The molecule has 0 saturated heterocycles. The van der Waals surface area contributed by atoms with Gasteiger partial charge in [0.05, 0.1) is 6.10 Å². The van der Waals surface area contributed by atoms with E-state index in [1.165, 1.54) is 5.56 Å². The second-order valence-electron chi connectivity index (χ2n) is 4.65. The minimum atomic E-state index is -0.363. The molecular weight excluding hydrogens is 226 g/mol. The summed E-state index contributed by atoms with van der Waals surface area (Å²) < 4.78 is 5.60. The third-order valence-electron chi connectivity index (χ3n) is 2.90. The molecule has 102 valence electrons. The number of rotatable bonds is 9. The molecule has 3 nitrogen and oxygen atoms in total. The van der Waals surface area contributed by atoms with Gasteiger partial charge in [0.25, 0.3) is 0 Å². The van der Waals surface area contributed by atoms with Crippen LogP contribution in [0, 0.1) is 0 Å². The average Bonchev–Trinajstić information content (AvgIpc) is 2.41. The average molecular weight is 251 g/mol. The largest absolute Gasteiger partial charge is 0.491 e. The number of unbranched alkanes of at least 4 members (excludes halogenated alkanes) is 1. The van der Waals surface area contributed by atoms with E-state index in [2.05, 4.69) is 13.0 Å². The normalized spacial score (nSPS) is 12.4. The van der Waals surface area contributed by atoms with Crippen LogP contribution < -0.4 is 10.5 Å². The van der Waals surface area contributed by atoms with Crippen molar-refractivity contribution in [3.63, 3.8) is 0 Å². The van der Waals surface area contributed by atoms with Gasteiger partial charge in [-0.2, -0.15) is 0 Å². The first kappa shape index (κ1) is 15.0. The molecule has 18 heavy (non-hydrogen) atoms. The molecule has 3 heteroatoms. The van der Waals surface area contributed by atoms with Gasteiger partial charge in [0.15, 0.2) is 0 Å². The number of aryl methyl sites for hydroxylation is 1. The van der Waals surface area contributed by atoms with Crippen LogP contribution in [0.2, 0.25) is 0 Å². The predicted octanol–water partition coefficient (Wildman–Crippen LogP) is 2.51. The number of benzene rings is 1. The van der Waals surface area contributed by atoms with Crippen molar-refractivity contribution < 1.29 is 9.84 Å². The van der Waals surface area contributed by atoms with E-state index in [0.717, 1.165) is 37.9 Å². The molecule has 1 aromatic rings. The molecule has 0 heterocycles. The highest BCUT2D eigenvalue weighted by Crippen LogP contribution is 2.15. The Labute approximate surface area is 110 Å². The van der Waals surface area contributed by atoms with Crippen LogP contribution in [0.15, 0.2) is 24.3 Å². The smallest absolute Gasteiger partial charge is 0.119 e. The molecule has 0 fully saturated rings. The minimum absolute atomic E-state index is 0.363. The molecule has 3 N–H and O–H groups in total. The molecule has 0 aliphatic rings. The third kappa shape index (κ3) is 6.03. The quantitative estimate of drug-likeness (QED) is 0.709. The Morgan fingerprint density at radius 1 is 1.33 bits per heavy atom. The van der Waals surface area contributed by atoms with E-state index >= 15 is 0 Å². The van der Waals surface area contributed by atoms with E-state index in [4.69, 9.17) is 10.5 Å². The Morgan fingerprint density at radius 3 is 2.89 bits per heavy atom. The molecule has 0 aliphatic carbocycles. The highest BCUT2D eigenvalue weighted by Gasteiger charge is 2.04. The Hall–Kier alpha value is -1.06. The molecule has 0 bridgehead atoms. The standard InChI is InChI=1S/C15H25NO2/c1-2-3-8-14(17)12-18-15-9-4-6-13(11-15)7-5-10-16/h4,6,9,11,14,17H,2-3,5,7-8,10,12,16H2,1H3. The van der Waals surface area contributed by atoms with E-state index in [-0.39, 0.29) is 6.10 Å². The first-order valence-electron chi connectivity index (χ1n) is 6.86. The summed E-state index contributed by atoms with van der Waals surface area (Å²) in [6.45, 7) is 3.20. The molecule has 0 saturated carbocycles. The summed E-state index contributed by atoms with van der Waals surface area (Å²) >= 11 is 0. The summed E-state index contributed by atoms with van der Waals surface area (Å²) in [7, 11) is 0. The summed E-state index contributed by atoms with van der Waals surface area (Å²) in [6, 6.07) is 8.02. The number of nitrogens with two attached hydrogens (primary N) is 1. The van der Waals surface area contributed by atoms with Crippen LogP contribution in [-0.4, -0.2) is 24.4 Å². The van der Waals surface area contributed by atoms with Crippen molar-refractivity contribution in [1.82, 2.24) is 0 Å². The van der Waals surface area contributed by atoms with Crippen molar-refractivity contribution in [3.05, 3.63) is 29.8 Å². The molecule has 0 aliphatic heterocycles. The number of aliphatic hydroxyl groups excluding tert-OH is 1. The Kier molecular flexibility index (Phi) is 7.46. The van der Waals surface area contributed by atoms with Crippen LogP contribution in [-0.2, 0) is 6.42 Å². The lowest BCUT2D eigenvalue weighted by Gasteiger charge is -2.12. The van der Waals surface area contributed by atoms with Gasteiger partial charge >= 0.3 is 0 Å². The van der Waals surface area contributed by atoms with Gasteiger partial charge < -0.3 is 15.6 Å². The van der Waals surface area contributed by atoms with Crippen LogP contribution in [0.1, 0.15) is 38.2 Å². The van der Waals surface area contributed by atoms with Crippen LogP contribution in [0.4, 0.5) is 0 Å². The Morgan fingerprint density at radius 2 is 2.17 bits per heavy atom. The van der Waals surface area contributed by atoms with Gasteiger partial charge in [-0.25, -0.2) is 0 Å². The van der Waals surface area contributed by atoms with Crippen molar-refractivity contribution in [2.24, 2.45) is 5.73 Å². The fourth-order valence-electron chi connectivity index (χ4n) is 1.81. The Bertz CT molecular complexity index is 328. The number of aliphatic hydroxyl groups is 1. The van der Waals surface area contributed by atoms with E-state index < -0.39 is 0 Å². The van der Waals surface area contributed by atoms with Gasteiger partial charge in [-0.15, -0.1) is 0 Å². The van der Waals surface area contributed by atoms with Crippen LogP contribution in [0.25, 0.3) is 0 Å². The first-order valence-corrected chi connectivity index (χ1v) is 6.86. The van der Waals surface area contributed by atoms with E-state index in [1.807, 2.05) is 18.2 Å². The van der Waals surface area contributed by atoms with Crippen molar-refractivity contribution in [3.8, 4) is 5.75 Å². The molecule has 1 aromatic carbocycles. The monoisotopic (exact) mass is 251 g/mol. The van der Waals surface area contributed by atoms with Gasteiger partial charge in [0, 0.05) is 0 Å². The second-order valence-corrected chi connectivity index (χ2v) is 4.65. The van der Waals surface area contributed by atoms with Crippen LogP contribution in [0.3, 0.4) is 0 Å². The lowest BCUT2D eigenvalue weighted by molar-refractivity contribution is 0.0979. The molecule has 1 unspecified atom stereocenters. The second kappa shape index (κ2) is 8.95. The lowest BCUT2D eigenvalue weighted by Crippen LogP contribution is -2.17. The van der Waals surface area contributed by atoms with Crippen LogP contribution in [0.5, 0.6) is 5.75 Å². The van der Waals surface area contributed by atoms with Crippen LogP contribution >= 0.6 is 0 Å². The summed E-state index contributed by atoms with van der Waals surface area (Å²) in [5.41, 5.74) is 6.73. The van der Waals surface area contributed by atoms with Crippen molar-refractivity contribution >= 4 is 0 Å². The maximum absolute atomic E-state index is 9.71. The van der Waals surface area contributed by atoms with E-state index in [0.29, 0.717) is 13.2 Å². The fraction of sp³-hybridized carbons (Fsp3) is 0.600. The molecular formula is C15H25NO2. The number of hydrogen-bond acceptors (Lipinski definition) is 3. The highest BCUT2D eigenvalue weighted by molar-refractivity contribution is 5.28. The summed E-state index contributed by atoms with van der Waals surface area (Å²) in [4.78, 5) is 0. The zero-order valence-electron chi connectivity index (χ0n) is 11.3. The molecule has 0 aromatic heterocycles. The maximum atomic E-state index is 9.71. The lowest BCUT2D eigenvalue weighted by atomic mass is 10.1. The molecule has 1 rings (SSSR count). The zero-order chi connectivity index (χ0) is 13.2. The van der Waals surface area contributed by atoms with Gasteiger partial charge in [-0.05, 0) is 43.5 Å². The first-order chi connectivity index (χ1) is 8.76. The van der Waals surface area contributed by atoms with E-state index in [9.17, 15) is 5.11 Å². The topological polar surface area (TPSA) is 55.5 Å². The number of ether oxygens (including phenoxy) is 1.